The normalized spacial score (nSPS) is 20.9. The van der Waals surface area contributed by atoms with E-state index in [4.69, 9.17) is 5.73 Å². The molecule has 6 heteroatoms. The Morgan fingerprint density at radius 3 is 2.67 bits per heavy atom. The standard InChI is InChI=1S/C12H21N3O3/c1-3-9(12(13)18)15-7-8(5-11(15)17)6-14-10(16)4-2/h8-9H,3-7H2,1-2H3,(H2,13,18)(H,14,16)/t8?,9-/m0/s1. The number of nitrogens with two attached hydrogens (primary N) is 1. The van der Waals surface area contributed by atoms with E-state index >= 15 is 0 Å². The molecule has 1 unspecified atom stereocenters. The molecule has 1 rings (SSSR count). The lowest BCUT2D eigenvalue weighted by atomic mass is 10.1. The lowest BCUT2D eigenvalue weighted by molar-refractivity contribution is -0.136. The highest BCUT2D eigenvalue weighted by Crippen LogP contribution is 2.20. The van der Waals surface area contributed by atoms with Crippen LogP contribution in [0.4, 0.5) is 0 Å². The largest absolute Gasteiger partial charge is 0.368 e. The van der Waals surface area contributed by atoms with Gasteiger partial charge in [0.2, 0.25) is 17.7 Å². The first kappa shape index (κ1) is 14.5. The van der Waals surface area contributed by atoms with Crippen LogP contribution in [0.15, 0.2) is 0 Å². The van der Waals surface area contributed by atoms with Crippen LogP contribution in [0.2, 0.25) is 0 Å². The number of amides is 3. The highest BCUT2D eigenvalue weighted by atomic mass is 16.2. The Morgan fingerprint density at radius 1 is 1.50 bits per heavy atom. The summed E-state index contributed by atoms with van der Waals surface area (Å²) in [4.78, 5) is 35.7. The van der Waals surface area contributed by atoms with Gasteiger partial charge < -0.3 is 16.0 Å². The Balaban J connectivity index is 2.53. The smallest absolute Gasteiger partial charge is 0.240 e. The highest BCUT2D eigenvalue weighted by molar-refractivity contribution is 5.87. The molecule has 0 aliphatic carbocycles. The Kier molecular flexibility index (Phi) is 5.12. The molecule has 1 fully saturated rings. The van der Waals surface area contributed by atoms with Crippen LogP contribution in [0.25, 0.3) is 0 Å². The average molecular weight is 255 g/mol. The molecule has 0 bridgehead atoms. The minimum Gasteiger partial charge on any atom is -0.368 e. The monoisotopic (exact) mass is 255 g/mol. The second-order valence-electron chi connectivity index (χ2n) is 4.60. The van der Waals surface area contributed by atoms with Gasteiger partial charge in [0, 0.05) is 31.8 Å². The minimum atomic E-state index is -0.524. The van der Waals surface area contributed by atoms with Crippen LogP contribution in [0.1, 0.15) is 33.1 Å². The second kappa shape index (κ2) is 6.37. The van der Waals surface area contributed by atoms with Crippen molar-refractivity contribution in [3.63, 3.8) is 0 Å². The zero-order valence-electron chi connectivity index (χ0n) is 10.9. The molecule has 1 aliphatic heterocycles. The molecule has 0 aromatic rings. The maximum Gasteiger partial charge on any atom is 0.240 e. The van der Waals surface area contributed by atoms with Crippen molar-refractivity contribution in [2.24, 2.45) is 11.7 Å². The first-order chi connectivity index (χ1) is 8.49. The molecule has 2 atom stereocenters. The summed E-state index contributed by atoms with van der Waals surface area (Å²) < 4.78 is 0. The van der Waals surface area contributed by atoms with Gasteiger partial charge in [-0.05, 0) is 6.42 Å². The molecular formula is C12H21N3O3. The Hall–Kier alpha value is -1.59. The van der Waals surface area contributed by atoms with E-state index in [1.807, 2.05) is 6.92 Å². The van der Waals surface area contributed by atoms with Gasteiger partial charge in [0.1, 0.15) is 6.04 Å². The number of hydrogen-bond donors (Lipinski definition) is 2. The van der Waals surface area contributed by atoms with E-state index in [1.54, 1.807) is 6.92 Å². The summed E-state index contributed by atoms with van der Waals surface area (Å²) >= 11 is 0. The fourth-order valence-corrected chi connectivity index (χ4v) is 2.20. The zero-order chi connectivity index (χ0) is 13.7. The van der Waals surface area contributed by atoms with E-state index in [2.05, 4.69) is 5.32 Å². The third-order valence-corrected chi connectivity index (χ3v) is 3.24. The van der Waals surface area contributed by atoms with E-state index in [0.29, 0.717) is 32.4 Å². The molecule has 3 amide bonds. The van der Waals surface area contributed by atoms with Crippen molar-refractivity contribution < 1.29 is 14.4 Å². The average Bonchev–Trinajstić information content (AvgIpc) is 2.68. The lowest BCUT2D eigenvalue weighted by Crippen LogP contribution is -2.45. The minimum absolute atomic E-state index is 0.0251. The molecular weight excluding hydrogens is 234 g/mol. The second-order valence-corrected chi connectivity index (χ2v) is 4.60. The first-order valence-corrected chi connectivity index (χ1v) is 6.35. The van der Waals surface area contributed by atoms with Crippen molar-refractivity contribution >= 4 is 17.7 Å². The van der Waals surface area contributed by atoms with Crippen molar-refractivity contribution in [3.8, 4) is 0 Å². The number of carbonyl (C=O) groups excluding carboxylic acids is 3. The Bertz CT molecular complexity index is 343. The summed E-state index contributed by atoms with van der Waals surface area (Å²) in [6, 6.07) is -0.524. The summed E-state index contributed by atoms with van der Waals surface area (Å²) in [6.07, 6.45) is 1.33. The number of carbonyl (C=O) groups is 3. The number of rotatable bonds is 6. The molecule has 1 heterocycles. The van der Waals surface area contributed by atoms with Crippen LogP contribution >= 0.6 is 0 Å². The molecule has 0 saturated carbocycles. The van der Waals surface area contributed by atoms with Crippen LogP contribution in [0.3, 0.4) is 0 Å². The maximum atomic E-state index is 11.8. The molecule has 1 aliphatic rings. The molecule has 1 saturated heterocycles. The lowest BCUT2D eigenvalue weighted by Gasteiger charge is -2.24. The van der Waals surface area contributed by atoms with Crippen molar-refractivity contribution in [1.82, 2.24) is 10.2 Å². The fourth-order valence-electron chi connectivity index (χ4n) is 2.20. The van der Waals surface area contributed by atoms with E-state index in [1.165, 1.54) is 4.90 Å². The molecule has 18 heavy (non-hydrogen) atoms. The van der Waals surface area contributed by atoms with E-state index in [-0.39, 0.29) is 17.7 Å². The topological polar surface area (TPSA) is 92.5 Å². The predicted octanol–water partition coefficient (Wildman–Crippen LogP) is -0.375. The van der Waals surface area contributed by atoms with E-state index in [9.17, 15) is 14.4 Å². The van der Waals surface area contributed by atoms with Gasteiger partial charge in [-0.2, -0.15) is 0 Å². The zero-order valence-corrected chi connectivity index (χ0v) is 10.9. The SMILES string of the molecule is CCC(=O)NCC1CC(=O)N([C@@H](CC)C(N)=O)C1. The van der Waals surface area contributed by atoms with Gasteiger partial charge in [0.15, 0.2) is 0 Å². The van der Waals surface area contributed by atoms with E-state index < -0.39 is 11.9 Å². The van der Waals surface area contributed by atoms with Gasteiger partial charge in [-0.15, -0.1) is 0 Å². The van der Waals surface area contributed by atoms with E-state index in [0.717, 1.165) is 0 Å². The highest BCUT2D eigenvalue weighted by Gasteiger charge is 2.35. The van der Waals surface area contributed by atoms with Crippen LogP contribution < -0.4 is 11.1 Å². The number of primary amides is 1. The quantitative estimate of drug-likeness (QED) is 0.678. The number of nitrogens with one attached hydrogen (secondary N) is 1. The van der Waals surface area contributed by atoms with Crippen molar-refractivity contribution in [3.05, 3.63) is 0 Å². The third kappa shape index (κ3) is 3.45. The first-order valence-electron chi connectivity index (χ1n) is 6.35. The van der Waals surface area contributed by atoms with Gasteiger partial charge in [-0.3, -0.25) is 14.4 Å². The Labute approximate surface area is 107 Å². The summed E-state index contributed by atoms with van der Waals surface area (Å²) in [5.41, 5.74) is 5.28. The van der Waals surface area contributed by atoms with Gasteiger partial charge >= 0.3 is 0 Å². The predicted molar refractivity (Wildman–Crippen MR) is 66.4 cm³/mol. The maximum absolute atomic E-state index is 11.8. The fraction of sp³-hybridized carbons (Fsp3) is 0.750. The van der Waals surface area contributed by atoms with Crippen LogP contribution in [0.5, 0.6) is 0 Å². The summed E-state index contributed by atoms with van der Waals surface area (Å²) in [7, 11) is 0. The van der Waals surface area contributed by atoms with Crippen LogP contribution in [-0.4, -0.2) is 41.8 Å². The summed E-state index contributed by atoms with van der Waals surface area (Å²) in [5.74, 6) is -0.482. The van der Waals surface area contributed by atoms with Crippen LogP contribution in [0, 0.1) is 5.92 Å². The number of likely N-dealkylation sites (tertiary alicyclic amines) is 1. The van der Waals surface area contributed by atoms with Gasteiger partial charge in [-0.1, -0.05) is 13.8 Å². The molecule has 0 aromatic carbocycles. The molecule has 0 radical (unpaired) electrons. The van der Waals surface area contributed by atoms with Crippen molar-refractivity contribution in [2.45, 2.75) is 39.2 Å². The van der Waals surface area contributed by atoms with Gasteiger partial charge in [-0.25, -0.2) is 0 Å². The molecule has 102 valence electrons. The van der Waals surface area contributed by atoms with Gasteiger partial charge in [0.25, 0.3) is 0 Å². The number of nitrogens with zero attached hydrogens (tertiary/aromatic N) is 1. The molecule has 0 aromatic heterocycles. The third-order valence-electron chi connectivity index (χ3n) is 3.24. The van der Waals surface area contributed by atoms with Crippen LogP contribution in [-0.2, 0) is 14.4 Å². The Morgan fingerprint density at radius 2 is 2.17 bits per heavy atom. The van der Waals surface area contributed by atoms with Gasteiger partial charge in [0.05, 0.1) is 0 Å². The van der Waals surface area contributed by atoms with Crippen molar-refractivity contribution in [2.75, 3.05) is 13.1 Å². The molecule has 6 nitrogen and oxygen atoms in total. The molecule has 0 spiro atoms. The summed E-state index contributed by atoms with van der Waals surface area (Å²) in [5, 5.41) is 2.77. The molecule has 3 N–H and O–H groups in total. The number of hydrogen-bond acceptors (Lipinski definition) is 3. The summed E-state index contributed by atoms with van der Waals surface area (Å²) in [6.45, 7) is 4.57. The van der Waals surface area contributed by atoms with Crippen molar-refractivity contribution in [1.29, 1.82) is 0 Å².